The van der Waals surface area contributed by atoms with E-state index in [2.05, 4.69) is 0 Å². The van der Waals surface area contributed by atoms with Crippen LogP contribution in [0.3, 0.4) is 0 Å². The molecule has 0 fully saturated rings. The predicted octanol–water partition coefficient (Wildman–Crippen LogP) is 2.89. The molecule has 116 valence electrons. The highest BCUT2D eigenvalue weighted by molar-refractivity contribution is 5.93. The largest absolute Gasteiger partial charge is 0.494 e. The summed E-state index contributed by atoms with van der Waals surface area (Å²) in [5.41, 5.74) is 0. The lowest BCUT2D eigenvalue weighted by Gasteiger charge is -2.11. The lowest BCUT2D eigenvalue weighted by molar-refractivity contribution is -0.158. The van der Waals surface area contributed by atoms with E-state index in [0.29, 0.717) is 19.4 Å². The summed E-state index contributed by atoms with van der Waals surface area (Å²) < 4.78 is 10.3. The maximum absolute atomic E-state index is 11.5. The third-order valence-electron chi connectivity index (χ3n) is 3.02. The number of benzene rings is 1. The molecule has 0 aliphatic heterocycles. The van der Waals surface area contributed by atoms with E-state index in [1.165, 1.54) is 0 Å². The SMILES string of the molecule is CCOC(=O)C(CCCCCOc1ccccc1)C(=O)O. The minimum Gasteiger partial charge on any atom is -0.494 e. The van der Waals surface area contributed by atoms with Crippen LogP contribution >= 0.6 is 0 Å². The number of hydrogen-bond donors (Lipinski definition) is 1. The van der Waals surface area contributed by atoms with Gasteiger partial charge in [-0.15, -0.1) is 0 Å². The Morgan fingerprint density at radius 3 is 2.48 bits per heavy atom. The van der Waals surface area contributed by atoms with Crippen LogP contribution < -0.4 is 4.74 Å². The summed E-state index contributed by atoms with van der Waals surface area (Å²) in [6, 6.07) is 9.52. The highest BCUT2D eigenvalue weighted by Crippen LogP contribution is 2.14. The minimum atomic E-state index is -1.12. The molecule has 0 spiro atoms. The van der Waals surface area contributed by atoms with Crippen LogP contribution in [0, 0.1) is 5.92 Å². The minimum absolute atomic E-state index is 0.202. The van der Waals surface area contributed by atoms with Gasteiger partial charge in [0, 0.05) is 0 Å². The third kappa shape index (κ3) is 6.79. The topological polar surface area (TPSA) is 72.8 Å². The van der Waals surface area contributed by atoms with Crippen molar-refractivity contribution in [2.45, 2.75) is 32.6 Å². The molecular weight excluding hydrogens is 272 g/mol. The number of esters is 1. The van der Waals surface area contributed by atoms with E-state index in [-0.39, 0.29) is 6.61 Å². The Morgan fingerprint density at radius 2 is 1.86 bits per heavy atom. The van der Waals surface area contributed by atoms with Gasteiger partial charge in [-0.1, -0.05) is 31.0 Å². The molecule has 0 amide bonds. The number of unbranched alkanes of at least 4 members (excludes halogenated alkanes) is 2. The molecule has 0 aromatic heterocycles. The second-order valence-electron chi connectivity index (χ2n) is 4.65. The first kappa shape index (κ1) is 17.0. The van der Waals surface area contributed by atoms with Gasteiger partial charge in [0.2, 0.25) is 0 Å². The molecule has 0 heterocycles. The Labute approximate surface area is 124 Å². The van der Waals surface area contributed by atoms with E-state index in [0.717, 1.165) is 18.6 Å². The first-order valence-electron chi connectivity index (χ1n) is 7.22. The molecule has 0 bridgehead atoms. The second kappa shape index (κ2) is 9.80. The molecule has 0 saturated carbocycles. The van der Waals surface area contributed by atoms with Gasteiger partial charge in [0.05, 0.1) is 13.2 Å². The van der Waals surface area contributed by atoms with Crippen LogP contribution in [0.15, 0.2) is 30.3 Å². The molecule has 1 unspecified atom stereocenters. The molecule has 5 nitrogen and oxygen atoms in total. The lowest BCUT2D eigenvalue weighted by atomic mass is 10.0. The summed E-state index contributed by atoms with van der Waals surface area (Å²) >= 11 is 0. The van der Waals surface area contributed by atoms with E-state index in [9.17, 15) is 9.59 Å². The second-order valence-corrected chi connectivity index (χ2v) is 4.65. The van der Waals surface area contributed by atoms with Crippen molar-refractivity contribution in [2.75, 3.05) is 13.2 Å². The number of para-hydroxylation sites is 1. The number of hydrogen-bond acceptors (Lipinski definition) is 4. The molecular formula is C16H22O5. The van der Waals surface area contributed by atoms with Crippen molar-refractivity contribution < 1.29 is 24.2 Å². The maximum atomic E-state index is 11.5. The Morgan fingerprint density at radius 1 is 1.14 bits per heavy atom. The molecule has 0 radical (unpaired) electrons. The van der Waals surface area contributed by atoms with Crippen molar-refractivity contribution in [3.63, 3.8) is 0 Å². The summed E-state index contributed by atoms with van der Waals surface area (Å²) in [4.78, 5) is 22.5. The fourth-order valence-electron chi connectivity index (χ4n) is 1.92. The average Bonchev–Trinajstić information content (AvgIpc) is 2.47. The van der Waals surface area contributed by atoms with Crippen LogP contribution in [0.4, 0.5) is 0 Å². The fourth-order valence-corrected chi connectivity index (χ4v) is 1.92. The molecule has 1 rings (SSSR count). The van der Waals surface area contributed by atoms with E-state index in [4.69, 9.17) is 14.6 Å². The Kier molecular flexibility index (Phi) is 7.94. The van der Waals surface area contributed by atoms with Crippen molar-refractivity contribution >= 4 is 11.9 Å². The van der Waals surface area contributed by atoms with Gasteiger partial charge >= 0.3 is 11.9 Å². The first-order valence-corrected chi connectivity index (χ1v) is 7.22. The molecule has 0 saturated heterocycles. The van der Waals surface area contributed by atoms with Gasteiger partial charge in [0.25, 0.3) is 0 Å². The van der Waals surface area contributed by atoms with Gasteiger partial charge in [-0.05, 0) is 31.9 Å². The van der Waals surface area contributed by atoms with Crippen LogP contribution in [-0.4, -0.2) is 30.3 Å². The van der Waals surface area contributed by atoms with Gasteiger partial charge in [0.1, 0.15) is 5.75 Å². The van der Waals surface area contributed by atoms with Crippen molar-refractivity contribution in [2.24, 2.45) is 5.92 Å². The number of ether oxygens (including phenoxy) is 2. The van der Waals surface area contributed by atoms with Gasteiger partial charge in [-0.3, -0.25) is 9.59 Å². The number of carboxylic acids is 1. The normalized spacial score (nSPS) is 11.7. The van der Waals surface area contributed by atoms with Crippen LogP contribution in [0.1, 0.15) is 32.6 Å². The Hall–Kier alpha value is -2.04. The summed E-state index contributed by atoms with van der Waals surface area (Å²) in [5.74, 6) is -1.99. The molecule has 0 aliphatic rings. The fraction of sp³-hybridized carbons (Fsp3) is 0.500. The zero-order valence-electron chi connectivity index (χ0n) is 12.3. The van der Waals surface area contributed by atoms with Crippen LogP contribution in [0.5, 0.6) is 5.75 Å². The lowest BCUT2D eigenvalue weighted by Crippen LogP contribution is -2.25. The van der Waals surface area contributed by atoms with Crippen LogP contribution in [-0.2, 0) is 14.3 Å². The Balaban J connectivity index is 2.17. The first-order chi connectivity index (χ1) is 10.1. The zero-order chi connectivity index (χ0) is 15.5. The number of carbonyl (C=O) groups is 2. The highest BCUT2D eigenvalue weighted by Gasteiger charge is 2.26. The van der Waals surface area contributed by atoms with E-state index < -0.39 is 17.9 Å². The zero-order valence-corrected chi connectivity index (χ0v) is 12.3. The van der Waals surface area contributed by atoms with E-state index in [1.807, 2.05) is 30.3 Å². The molecule has 21 heavy (non-hydrogen) atoms. The standard InChI is InChI=1S/C16H22O5/c1-2-20-16(19)14(15(17)18)11-7-4-8-12-21-13-9-5-3-6-10-13/h3,5-6,9-10,14H,2,4,7-8,11-12H2,1H3,(H,17,18). The molecule has 1 atom stereocenters. The monoisotopic (exact) mass is 294 g/mol. The number of aliphatic carboxylic acids is 1. The Bertz CT molecular complexity index is 430. The van der Waals surface area contributed by atoms with Gasteiger partial charge in [-0.2, -0.15) is 0 Å². The number of carbonyl (C=O) groups excluding carboxylic acids is 1. The van der Waals surface area contributed by atoms with E-state index in [1.54, 1.807) is 6.92 Å². The van der Waals surface area contributed by atoms with Gasteiger partial charge in [0.15, 0.2) is 5.92 Å². The van der Waals surface area contributed by atoms with Crippen LogP contribution in [0.2, 0.25) is 0 Å². The summed E-state index contributed by atoms with van der Waals surface area (Å²) in [6.07, 6.45) is 2.60. The molecule has 1 N–H and O–H groups in total. The molecule has 5 heteroatoms. The maximum Gasteiger partial charge on any atom is 0.320 e. The average molecular weight is 294 g/mol. The predicted molar refractivity (Wildman–Crippen MR) is 78.2 cm³/mol. The van der Waals surface area contributed by atoms with Gasteiger partial charge in [-0.25, -0.2) is 0 Å². The van der Waals surface area contributed by atoms with Gasteiger partial charge < -0.3 is 14.6 Å². The van der Waals surface area contributed by atoms with Crippen molar-refractivity contribution in [1.82, 2.24) is 0 Å². The number of rotatable bonds is 10. The smallest absolute Gasteiger partial charge is 0.320 e. The molecule has 0 aliphatic carbocycles. The summed E-state index contributed by atoms with van der Waals surface area (Å²) in [5, 5.41) is 9.00. The van der Waals surface area contributed by atoms with E-state index >= 15 is 0 Å². The third-order valence-corrected chi connectivity index (χ3v) is 3.02. The van der Waals surface area contributed by atoms with Crippen molar-refractivity contribution in [1.29, 1.82) is 0 Å². The highest BCUT2D eigenvalue weighted by atomic mass is 16.5. The molecule has 1 aromatic rings. The summed E-state index contributed by atoms with van der Waals surface area (Å²) in [7, 11) is 0. The molecule has 1 aromatic carbocycles. The summed E-state index contributed by atoms with van der Waals surface area (Å²) in [6.45, 7) is 2.45. The van der Waals surface area contributed by atoms with Crippen molar-refractivity contribution in [3.05, 3.63) is 30.3 Å². The van der Waals surface area contributed by atoms with Crippen LogP contribution in [0.25, 0.3) is 0 Å². The van der Waals surface area contributed by atoms with Crippen molar-refractivity contribution in [3.8, 4) is 5.75 Å². The quantitative estimate of drug-likeness (QED) is 0.408. The number of carboxylic acid groups (broad SMARTS) is 1.